The van der Waals surface area contributed by atoms with Crippen LogP contribution < -0.4 is 10.2 Å². The number of ether oxygens (including phenoxy) is 1. The van der Waals surface area contributed by atoms with Crippen molar-refractivity contribution in [3.05, 3.63) is 98.6 Å². The number of nitrogens with zero attached hydrogens (tertiary/aromatic N) is 3. The predicted octanol–water partition coefficient (Wildman–Crippen LogP) is 4.99. The highest BCUT2D eigenvalue weighted by atomic mass is 35.5. The Morgan fingerprint density at radius 1 is 1.12 bits per heavy atom. The molecule has 1 aliphatic heterocycles. The fraction of sp³-hybridized carbons (Fsp3) is 0.200. The first-order valence-electron chi connectivity index (χ1n) is 10.6. The van der Waals surface area contributed by atoms with Gasteiger partial charge in [0.05, 0.1) is 41.4 Å². The maximum Gasteiger partial charge on any atom is 0.270 e. The van der Waals surface area contributed by atoms with E-state index in [1.165, 1.54) is 12.1 Å². The Labute approximate surface area is 201 Å². The third-order valence-electron chi connectivity index (χ3n) is 5.62. The van der Waals surface area contributed by atoms with Gasteiger partial charge in [0.15, 0.2) is 0 Å². The highest BCUT2D eigenvalue weighted by molar-refractivity contribution is 6.32. The van der Waals surface area contributed by atoms with Gasteiger partial charge in [-0.05, 0) is 29.3 Å². The summed E-state index contributed by atoms with van der Waals surface area (Å²) >= 11 is 6.49. The van der Waals surface area contributed by atoms with Crippen molar-refractivity contribution in [2.75, 3.05) is 36.5 Å². The highest BCUT2D eigenvalue weighted by Crippen LogP contribution is 2.33. The minimum absolute atomic E-state index is 0.171. The fourth-order valence-corrected chi connectivity index (χ4v) is 4.20. The number of nitro groups is 1. The number of hydrogen-bond acceptors (Lipinski definition) is 6. The molecule has 8 nitrogen and oxygen atoms in total. The molecule has 1 N–H and O–H groups in total. The Bertz CT molecular complexity index is 1250. The minimum atomic E-state index is -0.553. The van der Waals surface area contributed by atoms with Gasteiger partial charge in [0.25, 0.3) is 11.6 Å². The van der Waals surface area contributed by atoms with E-state index in [4.69, 9.17) is 16.3 Å². The molecule has 0 spiro atoms. The molecule has 1 heterocycles. The number of amides is 1. The van der Waals surface area contributed by atoms with Crippen LogP contribution in [-0.2, 0) is 4.74 Å². The van der Waals surface area contributed by atoms with Crippen LogP contribution in [0.3, 0.4) is 0 Å². The molecule has 3 aromatic rings. The molecule has 1 amide bonds. The molecule has 4 rings (SSSR count). The molecule has 3 aromatic carbocycles. The zero-order chi connectivity index (χ0) is 24.1. The van der Waals surface area contributed by atoms with E-state index in [9.17, 15) is 20.2 Å². The Kier molecular flexibility index (Phi) is 7.07. The topological polar surface area (TPSA) is 108 Å². The second-order valence-electron chi connectivity index (χ2n) is 7.72. The summed E-state index contributed by atoms with van der Waals surface area (Å²) < 4.78 is 5.38. The monoisotopic (exact) mass is 476 g/mol. The zero-order valence-electron chi connectivity index (χ0n) is 18.1. The first-order chi connectivity index (χ1) is 16.5. The quantitative estimate of drug-likeness (QED) is 0.396. The van der Waals surface area contributed by atoms with E-state index in [0.717, 1.165) is 5.56 Å². The predicted molar refractivity (Wildman–Crippen MR) is 129 cm³/mol. The van der Waals surface area contributed by atoms with Crippen molar-refractivity contribution >= 4 is 34.6 Å². The van der Waals surface area contributed by atoms with Crippen LogP contribution >= 0.6 is 11.6 Å². The number of carbonyl (C=O) groups is 1. The van der Waals surface area contributed by atoms with Gasteiger partial charge in [-0.3, -0.25) is 14.9 Å². The van der Waals surface area contributed by atoms with E-state index in [-0.39, 0.29) is 11.3 Å². The molecule has 9 heteroatoms. The van der Waals surface area contributed by atoms with Crippen LogP contribution in [0.5, 0.6) is 0 Å². The van der Waals surface area contributed by atoms with Crippen LogP contribution in [0.2, 0.25) is 5.02 Å². The van der Waals surface area contributed by atoms with E-state index >= 15 is 0 Å². The zero-order valence-corrected chi connectivity index (χ0v) is 18.9. The highest BCUT2D eigenvalue weighted by Gasteiger charge is 2.23. The molecular formula is C25H21ClN4O4. The van der Waals surface area contributed by atoms with Crippen molar-refractivity contribution in [3.8, 4) is 6.07 Å². The minimum Gasteiger partial charge on any atom is -0.378 e. The summed E-state index contributed by atoms with van der Waals surface area (Å²) in [4.78, 5) is 25.9. The second kappa shape index (κ2) is 10.3. The summed E-state index contributed by atoms with van der Waals surface area (Å²) in [6.07, 6.45) is 0. The summed E-state index contributed by atoms with van der Waals surface area (Å²) in [6, 6.07) is 20.8. The number of carbonyl (C=O) groups excluding carboxylic acids is 1. The maximum absolute atomic E-state index is 13.2. The van der Waals surface area contributed by atoms with Gasteiger partial charge in [-0.15, -0.1) is 0 Å². The standard InChI is InChI=1S/C25H21ClN4O4/c26-23-14-18(6-8-20(23)22(16-27)17-4-2-1-3-5-17)28-25(31)21-15-19(30(32)33)7-9-24(21)29-10-12-34-13-11-29/h1-9,14-15,22H,10-13H2,(H,28,31). The summed E-state index contributed by atoms with van der Waals surface area (Å²) in [6.45, 7) is 2.18. The van der Waals surface area contributed by atoms with E-state index in [2.05, 4.69) is 11.4 Å². The average molecular weight is 477 g/mol. The number of non-ortho nitro benzene ring substituents is 1. The molecule has 1 atom stereocenters. The lowest BCUT2D eigenvalue weighted by Gasteiger charge is -2.30. The van der Waals surface area contributed by atoms with Crippen LogP contribution in [0.25, 0.3) is 0 Å². The van der Waals surface area contributed by atoms with Crippen molar-refractivity contribution in [1.82, 2.24) is 0 Å². The molecular weight excluding hydrogens is 456 g/mol. The second-order valence-corrected chi connectivity index (χ2v) is 8.13. The number of halogens is 1. The first kappa shape index (κ1) is 23.2. The van der Waals surface area contributed by atoms with Gasteiger partial charge in [0.2, 0.25) is 0 Å². The SMILES string of the molecule is N#CC(c1ccccc1)c1ccc(NC(=O)c2cc([N+](=O)[O-])ccc2N2CCOCC2)cc1Cl. The van der Waals surface area contributed by atoms with E-state index in [1.54, 1.807) is 24.3 Å². The molecule has 0 aromatic heterocycles. The summed E-state index contributed by atoms with van der Waals surface area (Å²) in [5.74, 6) is -1.04. The van der Waals surface area contributed by atoms with Crippen LogP contribution in [0, 0.1) is 21.4 Å². The number of nitrogens with one attached hydrogen (secondary N) is 1. The molecule has 1 unspecified atom stereocenters. The number of hydrogen-bond donors (Lipinski definition) is 1. The summed E-state index contributed by atoms with van der Waals surface area (Å²) in [5, 5.41) is 24.1. The van der Waals surface area contributed by atoms with E-state index in [1.807, 2.05) is 35.2 Å². The Hall–Kier alpha value is -3.93. The fourth-order valence-electron chi connectivity index (χ4n) is 3.91. The normalized spacial score (nSPS) is 14.2. The molecule has 0 aliphatic carbocycles. The number of nitro benzene ring substituents is 1. The third kappa shape index (κ3) is 5.01. The van der Waals surface area contributed by atoms with E-state index < -0.39 is 16.7 Å². The van der Waals surface area contributed by atoms with Crippen molar-refractivity contribution < 1.29 is 14.5 Å². The van der Waals surface area contributed by atoms with Gasteiger partial charge in [-0.2, -0.15) is 5.26 Å². The van der Waals surface area contributed by atoms with Crippen molar-refractivity contribution in [3.63, 3.8) is 0 Å². The Morgan fingerprint density at radius 2 is 1.85 bits per heavy atom. The Morgan fingerprint density at radius 3 is 2.50 bits per heavy atom. The van der Waals surface area contributed by atoms with Gasteiger partial charge in [0, 0.05) is 35.9 Å². The van der Waals surface area contributed by atoms with Gasteiger partial charge in [0.1, 0.15) is 0 Å². The van der Waals surface area contributed by atoms with Crippen LogP contribution in [-0.4, -0.2) is 37.1 Å². The molecule has 0 saturated carbocycles. The number of anilines is 2. The maximum atomic E-state index is 13.2. The lowest BCUT2D eigenvalue weighted by atomic mass is 9.92. The lowest BCUT2D eigenvalue weighted by molar-refractivity contribution is -0.384. The lowest BCUT2D eigenvalue weighted by Crippen LogP contribution is -2.37. The molecule has 34 heavy (non-hydrogen) atoms. The molecule has 0 bridgehead atoms. The third-order valence-corrected chi connectivity index (χ3v) is 5.95. The molecule has 0 radical (unpaired) electrons. The van der Waals surface area contributed by atoms with Crippen LogP contribution in [0.4, 0.5) is 17.1 Å². The smallest absolute Gasteiger partial charge is 0.270 e. The summed E-state index contributed by atoms with van der Waals surface area (Å²) in [7, 11) is 0. The largest absolute Gasteiger partial charge is 0.378 e. The Balaban J connectivity index is 1.61. The van der Waals surface area contributed by atoms with Gasteiger partial charge < -0.3 is 15.0 Å². The molecule has 1 aliphatic rings. The van der Waals surface area contributed by atoms with Crippen molar-refractivity contribution in [2.24, 2.45) is 0 Å². The number of benzene rings is 3. The molecule has 172 valence electrons. The van der Waals surface area contributed by atoms with Crippen LogP contribution in [0.1, 0.15) is 27.4 Å². The number of nitriles is 1. The van der Waals surface area contributed by atoms with E-state index in [0.29, 0.717) is 48.3 Å². The number of morpholine rings is 1. The van der Waals surface area contributed by atoms with Gasteiger partial charge >= 0.3 is 0 Å². The molecule has 1 saturated heterocycles. The van der Waals surface area contributed by atoms with Gasteiger partial charge in [-0.1, -0.05) is 48.0 Å². The first-order valence-corrected chi connectivity index (χ1v) is 11.0. The van der Waals surface area contributed by atoms with Crippen molar-refractivity contribution in [2.45, 2.75) is 5.92 Å². The molecule has 1 fully saturated rings. The number of rotatable bonds is 6. The van der Waals surface area contributed by atoms with Gasteiger partial charge in [-0.25, -0.2) is 0 Å². The average Bonchev–Trinajstić information content (AvgIpc) is 2.86. The van der Waals surface area contributed by atoms with Crippen LogP contribution in [0.15, 0.2) is 66.7 Å². The summed E-state index contributed by atoms with van der Waals surface area (Å²) in [5.41, 5.74) is 2.48. The van der Waals surface area contributed by atoms with Crippen molar-refractivity contribution in [1.29, 1.82) is 5.26 Å².